The van der Waals surface area contributed by atoms with Crippen LogP contribution in [0.15, 0.2) is 42.5 Å². The molecule has 0 fully saturated rings. The zero-order chi connectivity index (χ0) is 14.8. The van der Waals surface area contributed by atoms with E-state index in [-0.39, 0.29) is 0 Å². The van der Waals surface area contributed by atoms with Crippen LogP contribution < -0.4 is 0 Å². The number of methoxy groups -OCH3 is 1. The molecule has 5 heteroatoms. The highest BCUT2D eigenvalue weighted by atomic mass is 35.5. The average molecular weight is 319 g/mol. The topological polar surface area (TPSA) is 29.9 Å². The maximum Gasteiger partial charge on any atom is 0.182 e. The summed E-state index contributed by atoms with van der Waals surface area (Å²) >= 11 is 11.6. The van der Waals surface area contributed by atoms with E-state index in [0.717, 1.165) is 23.1 Å². The van der Waals surface area contributed by atoms with Gasteiger partial charge in [-0.15, -0.1) is 0 Å². The second kappa shape index (κ2) is 6.02. The van der Waals surface area contributed by atoms with E-state index in [2.05, 4.69) is 17.1 Å². The molecule has 0 aliphatic heterocycles. The third-order valence-electron chi connectivity index (χ3n) is 3.45. The van der Waals surface area contributed by atoms with Gasteiger partial charge in [0.1, 0.15) is 0 Å². The van der Waals surface area contributed by atoms with Gasteiger partial charge in [-0.1, -0.05) is 29.8 Å². The first-order valence-corrected chi connectivity index (χ1v) is 7.47. The number of rotatable bonds is 4. The van der Waals surface area contributed by atoms with E-state index < -0.39 is 0 Å². The molecule has 3 aromatic rings. The standard InChI is InChI=1S/C16H15ClN2OS/c1-20-9-8-11-4-2-3-5-14(11)19-15-10-12(17)6-7-13(15)18-16(19)21/h2-7,10H,8-9H2,1H3,(H,18,21). The molecule has 0 spiro atoms. The summed E-state index contributed by atoms with van der Waals surface area (Å²) in [6.45, 7) is 0.674. The minimum atomic E-state index is 0.664. The van der Waals surface area contributed by atoms with Crippen molar-refractivity contribution in [2.24, 2.45) is 0 Å². The van der Waals surface area contributed by atoms with E-state index >= 15 is 0 Å². The fraction of sp³-hybridized carbons (Fsp3) is 0.188. The van der Waals surface area contributed by atoms with Crippen molar-refractivity contribution in [3.05, 3.63) is 57.8 Å². The first-order chi connectivity index (χ1) is 10.2. The van der Waals surface area contributed by atoms with Crippen LogP contribution >= 0.6 is 23.8 Å². The molecule has 1 N–H and O–H groups in total. The summed E-state index contributed by atoms with van der Waals surface area (Å²) in [4.78, 5) is 3.22. The third-order valence-corrected chi connectivity index (χ3v) is 3.97. The molecule has 0 unspecified atom stereocenters. The molecule has 0 aliphatic carbocycles. The number of benzene rings is 2. The van der Waals surface area contributed by atoms with E-state index in [1.807, 2.05) is 34.9 Å². The molecule has 0 aliphatic rings. The number of ether oxygens (including phenoxy) is 1. The number of para-hydroxylation sites is 1. The van der Waals surface area contributed by atoms with E-state index in [1.54, 1.807) is 7.11 Å². The molecule has 108 valence electrons. The van der Waals surface area contributed by atoms with Crippen LogP contribution in [0.1, 0.15) is 5.56 Å². The Morgan fingerprint density at radius 1 is 1.24 bits per heavy atom. The van der Waals surface area contributed by atoms with Crippen molar-refractivity contribution in [2.75, 3.05) is 13.7 Å². The van der Waals surface area contributed by atoms with Gasteiger partial charge in [-0.3, -0.25) is 4.57 Å². The number of nitrogens with zero attached hydrogens (tertiary/aromatic N) is 1. The number of aromatic nitrogens is 2. The van der Waals surface area contributed by atoms with Crippen molar-refractivity contribution in [1.82, 2.24) is 9.55 Å². The Hall–Kier alpha value is -1.62. The van der Waals surface area contributed by atoms with Gasteiger partial charge in [-0.05, 0) is 48.5 Å². The van der Waals surface area contributed by atoms with Crippen LogP contribution in [0.2, 0.25) is 5.02 Å². The van der Waals surface area contributed by atoms with Gasteiger partial charge in [-0.25, -0.2) is 0 Å². The predicted molar refractivity (Wildman–Crippen MR) is 89.0 cm³/mol. The summed E-state index contributed by atoms with van der Waals surface area (Å²) in [5, 5.41) is 0.694. The molecule has 1 heterocycles. The number of fused-ring (bicyclic) bond motifs is 1. The van der Waals surface area contributed by atoms with E-state index in [1.165, 1.54) is 5.56 Å². The Labute approximate surface area is 133 Å². The van der Waals surface area contributed by atoms with Gasteiger partial charge in [0, 0.05) is 12.1 Å². The van der Waals surface area contributed by atoms with Gasteiger partial charge < -0.3 is 9.72 Å². The summed E-state index contributed by atoms with van der Waals surface area (Å²) in [6, 6.07) is 13.9. The van der Waals surface area contributed by atoms with Gasteiger partial charge in [0.25, 0.3) is 0 Å². The number of halogens is 1. The lowest BCUT2D eigenvalue weighted by Crippen LogP contribution is -2.02. The minimum Gasteiger partial charge on any atom is -0.384 e. The first kappa shape index (κ1) is 14.3. The Balaban J connectivity index is 2.23. The van der Waals surface area contributed by atoms with Crippen LogP contribution in [0, 0.1) is 4.77 Å². The molecule has 2 aromatic carbocycles. The Kier molecular flexibility index (Phi) is 4.10. The molecule has 0 bridgehead atoms. The molecule has 3 nitrogen and oxygen atoms in total. The van der Waals surface area contributed by atoms with Crippen LogP contribution in [0.25, 0.3) is 16.7 Å². The highest BCUT2D eigenvalue weighted by Crippen LogP contribution is 2.25. The van der Waals surface area contributed by atoms with E-state index in [0.29, 0.717) is 16.4 Å². The fourth-order valence-corrected chi connectivity index (χ4v) is 2.94. The highest BCUT2D eigenvalue weighted by molar-refractivity contribution is 7.71. The van der Waals surface area contributed by atoms with Crippen LogP contribution in [-0.2, 0) is 11.2 Å². The lowest BCUT2D eigenvalue weighted by molar-refractivity contribution is 0.202. The highest BCUT2D eigenvalue weighted by Gasteiger charge is 2.10. The van der Waals surface area contributed by atoms with Crippen molar-refractivity contribution in [2.45, 2.75) is 6.42 Å². The summed E-state index contributed by atoms with van der Waals surface area (Å²) in [6.07, 6.45) is 0.835. The van der Waals surface area contributed by atoms with Crippen LogP contribution in [0.4, 0.5) is 0 Å². The largest absolute Gasteiger partial charge is 0.384 e. The zero-order valence-corrected chi connectivity index (χ0v) is 13.2. The average Bonchev–Trinajstić information content (AvgIpc) is 2.80. The van der Waals surface area contributed by atoms with Crippen molar-refractivity contribution in [3.63, 3.8) is 0 Å². The van der Waals surface area contributed by atoms with Crippen LogP contribution in [0.5, 0.6) is 0 Å². The lowest BCUT2D eigenvalue weighted by Gasteiger charge is -2.11. The quantitative estimate of drug-likeness (QED) is 0.716. The lowest BCUT2D eigenvalue weighted by atomic mass is 10.1. The van der Waals surface area contributed by atoms with Crippen molar-refractivity contribution in [1.29, 1.82) is 0 Å². The summed E-state index contributed by atoms with van der Waals surface area (Å²) in [7, 11) is 1.71. The summed E-state index contributed by atoms with van der Waals surface area (Å²) in [5.74, 6) is 0. The summed E-state index contributed by atoms with van der Waals surface area (Å²) in [5.41, 5.74) is 4.22. The molecule has 0 saturated carbocycles. The third kappa shape index (κ3) is 2.75. The molecule has 0 amide bonds. The number of H-pyrrole nitrogens is 1. The Morgan fingerprint density at radius 2 is 2.05 bits per heavy atom. The van der Waals surface area contributed by atoms with Crippen molar-refractivity contribution in [3.8, 4) is 5.69 Å². The second-order valence-corrected chi connectivity index (χ2v) is 5.62. The number of aromatic amines is 1. The normalized spacial score (nSPS) is 11.1. The van der Waals surface area contributed by atoms with E-state index in [4.69, 9.17) is 28.6 Å². The van der Waals surface area contributed by atoms with Crippen molar-refractivity contribution < 1.29 is 4.74 Å². The SMILES string of the molecule is COCCc1ccccc1-n1c(=S)[nH]c2ccc(Cl)cc21. The summed E-state index contributed by atoms with van der Waals surface area (Å²) < 4.78 is 7.88. The number of imidazole rings is 1. The Bertz CT molecular complexity index is 838. The van der Waals surface area contributed by atoms with Gasteiger partial charge in [-0.2, -0.15) is 0 Å². The molecule has 0 radical (unpaired) electrons. The van der Waals surface area contributed by atoms with Crippen LogP contribution in [-0.4, -0.2) is 23.3 Å². The maximum absolute atomic E-state index is 6.13. The van der Waals surface area contributed by atoms with Gasteiger partial charge in [0.2, 0.25) is 0 Å². The minimum absolute atomic E-state index is 0.664. The van der Waals surface area contributed by atoms with Gasteiger partial charge in [0.15, 0.2) is 4.77 Å². The molecule has 3 rings (SSSR count). The molecule has 0 atom stereocenters. The maximum atomic E-state index is 6.13. The number of hydrogen-bond donors (Lipinski definition) is 1. The number of nitrogens with one attached hydrogen (secondary N) is 1. The monoisotopic (exact) mass is 318 g/mol. The molecule has 1 aromatic heterocycles. The molecular weight excluding hydrogens is 304 g/mol. The first-order valence-electron chi connectivity index (χ1n) is 6.68. The molecular formula is C16H15ClN2OS. The predicted octanol–water partition coefficient (Wildman–Crippen LogP) is 4.53. The fourth-order valence-electron chi connectivity index (χ4n) is 2.47. The van der Waals surface area contributed by atoms with Gasteiger partial charge in [0.05, 0.1) is 23.3 Å². The van der Waals surface area contributed by atoms with Crippen LogP contribution in [0.3, 0.4) is 0 Å². The Morgan fingerprint density at radius 3 is 2.86 bits per heavy atom. The second-order valence-electron chi connectivity index (χ2n) is 4.80. The zero-order valence-electron chi connectivity index (χ0n) is 11.6. The van der Waals surface area contributed by atoms with Crippen molar-refractivity contribution >= 4 is 34.9 Å². The van der Waals surface area contributed by atoms with Gasteiger partial charge >= 0.3 is 0 Å². The van der Waals surface area contributed by atoms with E-state index in [9.17, 15) is 0 Å². The molecule has 0 saturated heterocycles. The smallest absolute Gasteiger partial charge is 0.182 e. The number of hydrogen-bond acceptors (Lipinski definition) is 2. The molecule has 21 heavy (non-hydrogen) atoms.